The van der Waals surface area contributed by atoms with Crippen LogP contribution in [0.3, 0.4) is 0 Å². The van der Waals surface area contributed by atoms with Crippen molar-refractivity contribution in [1.82, 2.24) is 0 Å². The number of hydrogen-bond acceptors (Lipinski definition) is 2. The zero-order chi connectivity index (χ0) is 14.0. The van der Waals surface area contributed by atoms with Gasteiger partial charge in [0.1, 0.15) is 0 Å². The van der Waals surface area contributed by atoms with Gasteiger partial charge in [-0.05, 0) is 23.8 Å². The van der Waals surface area contributed by atoms with Crippen molar-refractivity contribution in [2.24, 2.45) is 5.73 Å². The van der Waals surface area contributed by atoms with E-state index in [4.69, 9.17) is 33.7 Å². The fourth-order valence-corrected chi connectivity index (χ4v) is 2.37. The lowest BCUT2D eigenvalue weighted by Gasteiger charge is -2.16. The monoisotopic (exact) mass is 299 g/mol. The van der Waals surface area contributed by atoms with Crippen molar-refractivity contribution >= 4 is 23.2 Å². The second kappa shape index (κ2) is 5.78. The molecule has 0 aliphatic carbocycles. The van der Waals surface area contributed by atoms with E-state index in [-0.39, 0.29) is 5.75 Å². The smallest absolute Gasteiger partial charge is 0.170 e. The zero-order valence-corrected chi connectivity index (χ0v) is 11.7. The lowest BCUT2D eigenvalue weighted by atomic mass is 9.99. The van der Waals surface area contributed by atoms with Gasteiger partial charge in [0, 0.05) is 15.6 Å². The quantitative estimate of drug-likeness (QED) is 0.922. The molecule has 2 rings (SSSR count). The van der Waals surface area contributed by atoms with E-state index in [0.29, 0.717) is 21.2 Å². The molecule has 0 amide bonds. The summed E-state index contributed by atoms with van der Waals surface area (Å²) >= 11 is 11.9. The van der Waals surface area contributed by atoms with Gasteiger partial charge < -0.3 is 10.5 Å². The van der Waals surface area contributed by atoms with Gasteiger partial charge in [-0.15, -0.1) is 0 Å². The number of hydrogen-bond donors (Lipinski definition) is 1. The van der Waals surface area contributed by atoms with Crippen molar-refractivity contribution in [2.75, 3.05) is 7.11 Å². The van der Waals surface area contributed by atoms with E-state index < -0.39 is 11.9 Å². The van der Waals surface area contributed by atoms with Crippen molar-refractivity contribution in [2.45, 2.75) is 6.04 Å². The van der Waals surface area contributed by atoms with Gasteiger partial charge in [0.15, 0.2) is 11.6 Å². The summed E-state index contributed by atoms with van der Waals surface area (Å²) in [6, 6.07) is 9.08. The molecule has 0 radical (unpaired) electrons. The SMILES string of the molecule is COc1cccc(C(N)c2ccc(Cl)cc2Cl)c1F. The topological polar surface area (TPSA) is 35.2 Å². The van der Waals surface area contributed by atoms with Crippen LogP contribution in [-0.4, -0.2) is 7.11 Å². The van der Waals surface area contributed by atoms with Crippen LogP contribution in [0.4, 0.5) is 4.39 Å². The molecule has 2 nitrogen and oxygen atoms in total. The van der Waals surface area contributed by atoms with Gasteiger partial charge in [-0.3, -0.25) is 0 Å². The first-order valence-corrected chi connectivity index (χ1v) is 6.33. The Labute approximate surface area is 120 Å². The van der Waals surface area contributed by atoms with E-state index in [0.717, 1.165) is 0 Å². The van der Waals surface area contributed by atoms with Crippen molar-refractivity contribution in [1.29, 1.82) is 0 Å². The Morgan fingerprint density at radius 1 is 1.16 bits per heavy atom. The minimum Gasteiger partial charge on any atom is -0.494 e. The molecule has 100 valence electrons. The molecule has 0 fully saturated rings. The highest BCUT2D eigenvalue weighted by Gasteiger charge is 2.18. The highest BCUT2D eigenvalue weighted by Crippen LogP contribution is 2.32. The molecule has 0 saturated heterocycles. The standard InChI is InChI=1S/C14H12Cl2FNO/c1-19-12-4-2-3-10(13(12)17)14(18)9-6-5-8(15)7-11(9)16/h2-7,14H,18H2,1H3. The molecule has 0 aliphatic heterocycles. The largest absolute Gasteiger partial charge is 0.494 e. The van der Waals surface area contributed by atoms with Gasteiger partial charge in [-0.25, -0.2) is 4.39 Å². The Morgan fingerprint density at radius 2 is 1.89 bits per heavy atom. The van der Waals surface area contributed by atoms with Gasteiger partial charge >= 0.3 is 0 Å². The Hall–Kier alpha value is -1.29. The maximum atomic E-state index is 14.1. The van der Waals surface area contributed by atoms with Crippen LogP contribution < -0.4 is 10.5 Å². The Kier molecular flexibility index (Phi) is 4.30. The van der Waals surface area contributed by atoms with Gasteiger partial charge in [0.25, 0.3) is 0 Å². The first-order chi connectivity index (χ1) is 9.04. The summed E-state index contributed by atoms with van der Waals surface area (Å²) < 4.78 is 19.1. The average molecular weight is 300 g/mol. The van der Waals surface area contributed by atoms with Crippen LogP contribution >= 0.6 is 23.2 Å². The molecule has 0 aliphatic rings. The minimum absolute atomic E-state index is 0.151. The number of ether oxygens (including phenoxy) is 1. The van der Waals surface area contributed by atoms with Gasteiger partial charge in [-0.1, -0.05) is 41.4 Å². The highest BCUT2D eigenvalue weighted by molar-refractivity contribution is 6.35. The number of rotatable bonds is 3. The Bertz CT molecular complexity index is 604. The number of benzene rings is 2. The van der Waals surface area contributed by atoms with E-state index in [1.807, 2.05) is 0 Å². The molecule has 0 saturated carbocycles. The van der Waals surface area contributed by atoms with Gasteiger partial charge in [-0.2, -0.15) is 0 Å². The van der Waals surface area contributed by atoms with Crippen LogP contribution in [0.1, 0.15) is 17.2 Å². The van der Waals surface area contributed by atoms with E-state index in [9.17, 15) is 4.39 Å². The summed E-state index contributed by atoms with van der Waals surface area (Å²) in [6.45, 7) is 0. The molecule has 0 heterocycles. The molecular weight excluding hydrogens is 288 g/mol. The predicted molar refractivity (Wildman–Crippen MR) is 75.4 cm³/mol. The van der Waals surface area contributed by atoms with Crippen LogP contribution in [0.5, 0.6) is 5.75 Å². The first kappa shape index (κ1) is 14.1. The Balaban J connectivity index is 2.47. The Morgan fingerprint density at radius 3 is 2.53 bits per heavy atom. The molecule has 5 heteroatoms. The first-order valence-electron chi connectivity index (χ1n) is 5.57. The van der Waals surface area contributed by atoms with Crippen LogP contribution in [-0.2, 0) is 0 Å². The summed E-state index contributed by atoms with van der Waals surface area (Å²) in [5.74, 6) is -0.332. The normalized spacial score (nSPS) is 12.3. The average Bonchev–Trinajstić information content (AvgIpc) is 2.38. The summed E-state index contributed by atoms with van der Waals surface area (Å²) in [7, 11) is 1.41. The van der Waals surface area contributed by atoms with Gasteiger partial charge in [0.2, 0.25) is 0 Å². The number of halogens is 3. The molecule has 19 heavy (non-hydrogen) atoms. The second-order valence-corrected chi connectivity index (χ2v) is 4.85. The number of methoxy groups -OCH3 is 1. The lowest BCUT2D eigenvalue weighted by molar-refractivity contribution is 0.383. The molecule has 2 aromatic carbocycles. The molecule has 1 unspecified atom stereocenters. The second-order valence-electron chi connectivity index (χ2n) is 4.01. The van der Waals surface area contributed by atoms with Crippen LogP contribution in [0.25, 0.3) is 0 Å². The van der Waals surface area contributed by atoms with E-state index in [1.165, 1.54) is 13.2 Å². The van der Waals surface area contributed by atoms with Crippen LogP contribution in [0.2, 0.25) is 10.0 Å². The molecule has 0 bridgehead atoms. The van der Waals surface area contributed by atoms with Crippen LogP contribution in [0.15, 0.2) is 36.4 Å². The molecule has 2 aromatic rings. The maximum absolute atomic E-state index is 14.1. The summed E-state index contributed by atoms with van der Waals surface area (Å²) in [5.41, 5.74) is 7.00. The molecule has 1 atom stereocenters. The fourth-order valence-electron chi connectivity index (χ4n) is 1.85. The molecule has 0 spiro atoms. The highest BCUT2D eigenvalue weighted by atomic mass is 35.5. The molecule has 2 N–H and O–H groups in total. The minimum atomic E-state index is -0.681. The summed E-state index contributed by atoms with van der Waals surface area (Å²) in [6.07, 6.45) is 0. The molecule has 0 aromatic heterocycles. The zero-order valence-electron chi connectivity index (χ0n) is 10.2. The third-order valence-corrected chi connectivity index (χ3v) is 3.41. The fraction of sp³-hybridized carbons (Fsp3) is 0.143. The van der Waals surface area contributed by atoms with Gasteiger partial charge in [0.05, 0.1) is 13.2 Å². The van der Waals surface area contributed by atoms with E-state index >= 15 is 0 Å². The van der Waals surface area contributed by atoms with E-state index in [1.54, 1.807) is 30.3 Å². The van der Waals surface area contributed by atoms with Crippen LogP contribution in [0, 0.1) is 5.82 Å². The van der Waals surface area contributed by atoms with Crippen molar-refractivity contribution in [3.8, 4) is 5.75 Å². The number of nitrogens with two attached hydrogens (primary N) is 1. The predicted octanol–water partition coefficient (Wildman–Crippen LogP) is 4.19. The third-order valence-electron chi connectivity index (χ3n) is 2.85. The molecular formula is C14H12Cl2FNO. The summed E-state index contributed by atoms with van der Waals surface area (Å²) in [5, 5.41) is 0.911. The summed E-state index contributed by atoms with van der Waals surface area (Å²) in [4.78, 5) is 0. The lowest BCUT2D eigenvalue weighted by Crippen LogP contribution is -2.14. The third kappa shape index (κ3) is 2.84. The van der Waals surface area contributed by atoms with Crippen molar-refractivity contribution < 1.29 is 9.13 Å². The van der Waals surface area contributed by atoms with Crippen molar-refractivity contribution in [3.63, 3.8) is 0 Å². The van der Waals surface area contributed by atoms with E-state index in [2.05, 4.69) is 0 Å². The maximum Gasteiger partial charge on any atom is 0.170 e. The van der Waals surface area contributed by atoms with Crippen molar-refractivity contribution in [3.05, 3.63) is 63.4 Å².